The summed E-state index contributed by atoms with van der Waals surface area (Å²) >= 11 is 0. The molecule has 4 N–H and O–H groups in total. The van der Waals surface area contributed by atoms with Crippen LogP contribution in [0.5, 0.6) is 5.75 Å². The minimum absolute atomic E-state index is 0. The molecule has 2 rings (SSSR count). The van der Waals surface area contributed by atoms with Crippen LogP contribution in [-0.4, -0.2) is 31.5 Å². The number of carbonyl (C=O) groups is 2. The molecule has 0 saturated heterocycles. The highest BCUT2D eigenvalue weighted by atomic mass is 35.5. The Balaban J connectivity index is 0.00000392. The maximum absolute atomic E-state index is 12.2. The van der Waals surface area contributed by atoms with Crippen molar-refractivity contribution in [3.8, 4) is 5.75 Å². The Kier molecular flexibility index (Phi) is 10.1. The van der Waals surface area contributed by atoms with Crippen molar-refractivity contribution in [3.05, 3.63) is 59.2 Å². The summed E-state index contributed by atoms with van der Waals surface area (Å²) in [5.74, 6) is 0.396. The molecule has 2 amide bonds. The van der Waals surface area contributed by atoms with E-state index in [0.29, 0.717) is 43.8 Å². The molecule has 2 aromatic carbocycles. The van der Waals surface area contributed by atoms with Crippen LogP contribution in [0, 0.1) is 13.8 Å². The Bertz CT molecular complexity index is 796. The first-order valence-corrected chi connectivity index (χ1v) is 9.08. The van der Waals surface area contributed by atoms with E-state index in [9.17, 15) is 9.59 Å². The second-order valence-electron chi connectivity index (χ2n) is 6.34. The number of ether oxygens (including phenoxy) is 1. The fraction of sp³-hybridized carbons (Fsp3) is 0.333. The number of para-hydroxylation sites is 1. The zero-order chi connectivity index (χ0) is 19.6. The third-order valence-corrected chi connectivity index (χ3v) is 4.17. The van der Waals surface area contributed by atoms with Gasteiger partial charge < -0.3 is 21.1 Å². The summed E-state index contributed by atoms with van der Waals surface area (Å²) in [5, 5.41) is 5.50. The molecule has 0 saturated carbocycles. The molecule has 0 bridgehead atoms. The number of halogens is 1. The number of hydrogen-bond acceptors (Lipinski definition) is 4. The molecule has 0 aliphatic carbocycles. The summed E-state index contributed by atoms with van der Waals surface area (Å²) in [5.41, 5.74) is 8.71. The minimum atomic E-state index is -0.255. The van der Waals surface area contributed by atoms with Crippen LogP contribution in [0.15, 0.2) is 42.5 Å². The SMILES string of the molecule is Cc1ccc(OCCCC(=O)Nc2ccccc2C(=O)NCCN)cc1C.Cl. The van der Waals surface area contributed by atoms with Gasteiger partial charge in [-0.1, -0.05) is 18.2 Å². The first-order chi connectivity index (χ1) is 13.0. The smallest absolute Gasteiger partial charge is 0.253 e. The summed E-state index contributed by atoms with van der Waals surface area (Å²) in [6.45, 7) is 5.29. The molecule has 7 heteroatoms. The highest BCUT2D eigenvalue weighted by Gasteiger charge is 2.12. The van der Waals surface area contributed by atoms with Crippen molar-refractivity contribution in [2.24, 2.45) is 5.73 Å². The molecule has 152 valence electrons. The molecule has 0 fully saturated rings. The van der Waals surface area contributed by atoms with Gasteiger partial charge >= 0.3 is 0 Å². The van der Waals surface area contributed by atoms with E-state index in [1.807, 2.05) is 25.1 Å². The first-order valence-electron chi connectivity index (χ1n) is 9.08. The quantitative estimate of drug-likeness (QED) is 0.558. The van der Waals surface area contributed by atoms with Gasteiger partial charge in [0, 0.05) is 19.5 Å². The average Bonchev–Trinajstić information content (AvgIpc) is 2.66. The largest absolute Gasteiger partial charge is 0.494 e. The van der Waals surface area contributed by atoms with Crippen molar-refractivity contribution in [3.63, 3.8) is 0 Å². The fourth-order valence-electron chi connectivity index (χ4n) is 2.51. The van der Waals surface area contributed by atoms with E-state index in [2.05, 4.69) is 17.6 Å². The van der Waals surface area contributed by atoms with Crippen molar-refractivity contribution in [2.75, 3.05) is 25.0 Å². The predicted molar refractivity (Wildman–Crippen MR) is 114 cm³/mol. The highest BCUT2D eigenvalue weighted by molar-refractivity contribution is 6.03. The Morgan fingerprint density at radius 3 is 2.54 bits per heavy atom. The Morgan fingerprint density at radius 1 is 1.07 bits per heavy atom. The second-order valence-corrected chi connectivity index (χ2v) is 6.34. The van der Waals surface area contributed by atoms with Crippen LogP contribution >= 0.6 is 12.4 Å². The van der Waals surface area contributed by atoms with Gasteiger partial charge in [0.15, 0.2) is 0 Å². The fourth-order valence-corrected chi connectivity index (χ4v) is 2.51. The van der Waals surface area contributed by atoms with Crippen LogP contribution < -0.4 is 21.1 Å². The van der Waals surface area contributed by atoms with Crippen molar-refractivity contribution in [2.45, 2.75) is 26.7 Å². The van der Waals surface area contributed by atoms with Crippen LogP contribution in [0.25, 0.3) is 0 Å². The van der Waals surface area contributed by atoms with Crippen LogP contribution in [0.2, 0.25) is 0 Å². The number of benzene rings is 2. The number of anilines is 1. The lowest BCUT2D eigenvalue weighted by molar-refractivity contribution is -0.116. The Hall–Kier alpha value is -2.57. The van der Waals surface area contributed by atoms with Gasteiger partial charge in [-0.3, -0.25) is 9.59 Å². The van der Waals surface area contributed by atoms with Gasteiger partial charge in [0.2, 0.25) is 5.91 Å². The second kappa shape index (κ2) is 12.0. The van der Waals surface area contributed by atoms with Crippen molar-refractivity contribution in [1.29, 1.82) is 0 Å². The van der Waals surface area contributed by atoms with E-state index < -0.39 is 0 Å². The van der Waals surface area contributed by atoms with E-state index >= 15 is 0 Å². The maximum atomic E-state index is 12.2. The van der Waals surface area contributed by atoms with Crippen LogP contribution in [0.3, 0.4) is 0 Å². The van der Waals surface area contributed by atoms with E-state index in [1.54, 1.807) is 24.3 Å². The zero-order valence-corrected chi connectivity index (χ0v) is 17.1. The molecular formula is C21H28ClN3O3. The molecule has 0 atom stereocenters. The summed E-state index contributed by atoms with van der Waals surface area (Å²) in [4.78, 5) is 24.3. The van der Waals surface area contributed by atoms with Crippen LogP contribution in [0.4, 0.5) is 5.69 Å². The number of carbonyl (C=O) groups excluding carboxylic acids is 2. The Morgan fingerprint density at radius 2 is 1.82 bits per heavy atom. The van der Waals surface area contributed by atoms with E-state index in [0.717, 1.165) is 5.75 Å². The minimum Gasteiger partial charge on any atom is -0.494 e. The third-order valence-electron chi connectivity index (χ3n) is 4.17. The molecule has 0 spiro atoms. The van der Waals surface area contributed by atoms with Gasteiger partial charge in [0.05, 0.1) is 17.9 Å². The summed E-state index contributed by atoms with van der Waals surface area (Å²) in [6, 6.07) is 12.8. The lowest BCUT2D eigenvalue weighted by Crippen LogP contribution is -2.30. The summed E-state index contributed by atoms with van der Waals surface area (Å²) in [6.07, 6.45) is 0.893. The number of rotatable bonds is 9. The number of hydrogen-bond donors (Lipinski definition) is 3. The lowest BCUT2D eigenvalue weighted by Gasteiger charge is -2.11. The lowest BCUT2D eigenvalue weighted by atomic mass is 10.1. The molecule has 0 aliphatic rings. The molecule has 0 unspecified atom stereocenters. The molecule has 0 aliphatic heterocycles. The average molecular weight is 406 g/mol. The molecule has 2 aromatic rings. The monoisotopic (exact) mass is 405 g/mol. The normalized spacial score (nSPS) is 9.96. The highest BCUT2D eigenvalue weighted by Crippen LogP contribution is 2.17. The number of nitrogens with one attached hydrogen (secondary N) is 2. The van der Waals surface area contributed by atoms with Gasteiger partial charge in [0.1, 0.15) is 5.75 Å². The number of amides is 2. The standard InChI is InChI=1S/C21H27N3O3.ClH/c1-15-9-10-17(14-16(15)2)27-13-5-8-20(25)24-19-7-4-3-6-18(19)21(26)23-12-11-22;/h3-4,6-7,9-10,14H,5,8,11-13,22H2,1-2H3,(H,23,26)(H,24,25);1H. The first kappa shape index (κ1) is 23.5. The van der Waals surface area contributed by atoms with Crippen LogP contribution in [-0.2, 0) is 4.79 Å². The summed E-state index contributed by atoms with van der Waals surface area (Å²) < 4.78 is 5.69. The van der Waals surface area contributed by atoms with Crippen LogP contribution in [0.1, 0.15) is 34.3 Å². The van der Waals surface area contributed by atoms with Gasteiger partial charge in [-0.05, 0) is 55.7 Å². The molecule has 6 nitrogen and oxygen atoms in total. The van der Waals surface area contributed by atoms with Crippen molar-refractivity contribution < 1.29 is 14.3 Å². The molecule has 0 aromatic heterocycles. The number of aryl methyl sites for hydroxylation is 2. The summed E-state index contributed by atoms with van der Waals surface area (Å²) in [7, 11) is 0. The Labute approximate surface area is 172 Å². The predicted octanol–water partition coefficient (Wildman–Crippen LogP) is 3.21. The maximum Gasteiger partial charge on any atom is 0.253 e. The molecule has 0 heterocycles. The van der Waals surface area contributed by atoms with E-state index in [4.69, 9.17) is 10.5 Å². The molecular weight excluding hydrogens is 378 g/mol. The van der Waals surface area contributed by atoms with Gasteiger partial charge in [0.25, 0.3) is 5.91 Å². The molecule has 28 heavy (non-hydrogen) atoms. The van der Waals surface area contributed by atoms with Crippen molar-refractivity contribution in [1.82, 2.24) is 5.32 Å². The third kappa shape index (κ3) is 7.21. The van der Waals surface area contributed by atoms with E-state index in [-0.39, 0.29) is 24.2 Å². The number of nitrogens with two attached hydrogens (primary N) is 1. The van der Waals surface area contributed by atoms with Gasteiger partial charge in [-0.25, -0.2) is 0 Å². The van der Waals surface area contributed by atoms with E-state index in [1.165, 1.54) is 11.1 Å². The van der Waals surface area contributed by atoms with Gasteiger partial charge in [-0.15, -0.1) is 12.4 Å². The topological polar surface area (TPSA) is 93.4 Å². The van der Waals surface area contributed by atoms with Gasteiger partial charge in [-0.2, -0.15) is 0 Å². The zero-order valence-electron chi connectivity index (χ0n) is 16.3. The molecule has 0 radical (unpaired) electrons. The van der Waals surface area contributed by atoms with Crippen molar-refractivity contribution >= 4 is 29.9 Å².